The summed E-state index contributed by atoms with van der Waals surface area (Å²) in [6, 6.07) is 0.508. The number of hydrogen-bond acceptors (Lipinski definition) is 2. The Balaban J connectivity index is 1.81. The van der Waals surface area contributed by atoms with Crippen molar-refractivity contribution < 1.29 is 13.2 Å². The number of likely N-dealkylation sites (tertiary alicyclic amines) is 1. The lowest BCUT2D eigenvalue weighted by Gasteiger charge is -2.56. The van der Waals surface area contributed by atoms with Crippen molar-refractivity contribution in [1.29, 1.82) is 0 Å². The van der Waals surface area contributed by atoms with Crippen LogP contribution in [0.4, 0.5) is 13.2 Å². The van der Waals surface area contributed by atoms with Crippen LogP contribution in [0.5, 0.6) is 0 Å². The van der Waals surface area contributed by atoms with Crippen molar-refractivity contribution in [2.45, 2.75) is 18.3 Å². The molecule has 0 aromatic rings. The summed E-state index contributed by atoms with van der Waals surface area (Å²) in [7, 11) is 0. The van der Waals surface area contributed by atoms with Gasteiger partial charge in [0.2, 0.25) is 0 Å². The van der Waals surface area contributed by atoms with Crippen LogP contribution in [0.25, 0.3) is 0 Å². The molecule has 0 aromatic heterocycles. The first-order valence-electron chi connectivity index (χ1n) is 3.60. The Morgan fingerprint density at radius 2 is 2.18 bits per heavy atom. The smallest absolute Gasteiger partial charge is 0.310 e. The Labute approximate surface area is 62.4 Å². The number of nitrogens with zero attached hydrogens (tertiary/aromatic N) is 1. The third-order valence-corrected chi connectivity index (χ3v) is 2.34. The Morgan fingerprint density at radius 3 is 2.45 bits per heavy atom. The van der Waals surface area contributed by atoms with Gasteiger partial charge in [-0.25, -0.2) is 0 Å². The van der Waals surface area contributed by atoms with Crippen LogP contribution in [0.15, 0.2) is 0 Å². The van der Waals surface area contributed by atoms with Gasteiger partial charge in [0.05, 0.1) is 6.54 Å². The second kappa shape index (κ2) is 2.10. The van der Waals surface area contributed by atoms with Crippen LogP contribution in [0, 0.1) is 0 Å². The van der Waals surface area contributed by atoms with Crippen LogP contribution in [-0.2, 0) is 0 Å². The van der Waals surface area contributed by atoms with Crippen LogP contribution in [0.1, 0.15) is 0 Å². The quantitative estimate of drug-likeness (QED) is 0.598. The number of fused-ring (bicyclic) bond motifs is 1. The molecular weight excluding hydrogens is 157 g/mol. The molecule has 2 aliphatic heterocycles. The van der Waals surface area contributed by atoms with E-state index in [0.717, 1.165) is 6.54 Å². The van der Waals surface area contributed by atoms with Crippen LogP contribution in [0.3, 0.4) is 0 Å². The van der Waals surface area contributed by atoms with Crippen molar-refractivity contribution in [3.63, 3.8) is 0 Å². The summed E-state index contributed by atoms with van der Waals surface area (Å²) >= 11 is 0. The number of nitrogens with one attached hydrogen (secondary N) is 1. The van der Waals surface area contributed by atoms with E-state index < -0.39 is 12.7 Å². The minimum Gasteiger partial charge on any atom is -0.310 e. The van der Waals surface area contributed by atoms with Crippen molar-refractivity contribution in [2.24, 2.45) is 0 Å². The Bertz CT molecular complexity index is 168. The zero-order valence-electron chi connectivity index (χ0n) is 5.86. The standard InChI is InChI=1S/C6H9F3N2/c7-6(8,9)3-11-2-4-5(11)1-10-4/h4-5,10H,1-3H2/t4?,5-/m0/s1. The highest BCUT2D eigenvalue weighted by atomic mass is 19.4. The molecule has 2 rings (SSSR count). The molecular formula is C6H9F3N2. The van der Waals surface area contributed by atoms with Gasteiger partial charge in [-0.1, -0.05) is 0 Å². The third-order valence-electron chi connectivity index (χ3n) is 2.34. The lowest BCUT2D eigenvalue weighted by Crippen LogP contribution is -2.78. The number of halogens is 3. The maximum absolute atomic E-state index is 11.8. The van der Waals surface area contributed by atoms with Gasteiger partial charge in [-0.3, -0.25) is 4.90 Å². The zero-order chi connectivity index (χ0) is 8.06. The Morgan fingerprint density at radius 1 is 1.45 bits per heavy atom. The normalized spacial score (nSPS) is 37.4. The summed E-state index contributed by atoms with van der Waals surface area (Å²) in [5.41, 5.74) is 0. The van der Waals surface area contributed by atoms with E-state index in [2.05, 4.69) is 5.32 Å². The van der Waals surface area contributed by atoms with Gasteiger partial charge in [-0.2, -0.15) is 13.2 Å². The van der Waals surface area contributed by atoms with Gasteiger partial charge in [0.25, 0.3) is 0 Å². The first-order chi connectivity index (χ1) is 5.06. The molecule has 64 valence electrons. The molecule has 0 aliphatic carbocycles. The van der Waals surface area contributed by atoms with Gasteiger partial charge in [0.1, 0.15) is 0 Å². The average Bonchev–Trinajstić information content (AvgIpc) is 1.77. The zero-order valence-corrected chi connectivity index (χ0v) is 5.86. The van der Waals surface area contributed by atoms with Crippen molar-refractivity contribution in [1.82, 2.24) is 10.2 Å². The van der Waals surface area contributed by atoms with Gasteiger partial charge in [0, 0.05) is 25.2 Å². The molecule has 2 atom stereocenters. The maximum Gasteiger partial charge on any atom is 0.401 e. The van der Waals surface area contributed by atoms with Gasteiger partial charge in [-0.15, -0.1) is 0 Å². The molecule has 0 spiro atoms. The van der Waals surface area contributed by atoms with Crippen molar-refractivity contribution >= 4 is 0 Å². The van der Waals surface area contributed by atoms with E-state index in [1.54, 1.807) is 0 Å². The largest absolute Gasteiger partial charge is 0.401 e. The highest BCUT2D eigenvalue weighted by molar-refractivity contribution is 5.06. The summed E-state index contributed by atoms with van der Waals surface area (Å²) in [4.78, 5) is 1.47. The Kier molecular flexibility index (Phi) is 1.41. The highest BCUT2D eigenvalue weighted by Gasteiger charge is 2.48. The fraction of sp³-hybridized carbons (Fsp3) is 1.00. The van der Waals surface area contributed by atoms with Gasteiger partial charge < -0.3 is 5.32 Å². The summed E-state index contributed by atoms with van der Waals surface area (Å²) < 4.78 is 35.4. The molecule has 2 saturated heterocycles. The summed E-state index contributed by atoms with van der Waals surface area (Å²) in [6.45, 7) is 0.542. The predicted octanol–water partition coefficient (Wildman–Crippen LogP) is 0.205. The molecule has 2 aliphatic rings. The molecule has 1 N–H and O–H groups in total. The minimum absolute atomic E-state index is 0.164. The molecule has 2 heterocycles. The number of rotatable bonds is 1. The van der Waals surface area contributed by atoms with Crippen molar-refractivity contribution in [3.05, 3.63) is 0 Å². The molecule has 2 nitrogen and oxygen atoms in total. The fourth-order valence-electron chi connectivity index (χ4n) is 1.62. The first-order valence-corrected chi connectivity index (χ1v) is 3.60. The van der Waals surface area contributed by atoms with Gasteiger partial charge in [-0.05, 0) is 0 Å². The van der Waals surface area contributed by atoms with Crippen molar-refractivity contribution in [3.8, 4) is 0 Å². The minimum atomic E-state index is -4.03. The van der Waals surface area contributed by atoms with E-state index in [-0.39, 0.29) is 6.04 Å². The summed E-state index contributed by atoms with van der Waals surface area (Å²) in [5, 5.41) is 3.05. The molecule has 0 amide bonds. The van der Waals surface area contributed by atoms with E-state index in [9.17, 15) is 13.2 Å². The van der Waals surface area contributed by atoms with Crippen molar-refractivity contribution in [2.75, 3.05) is 19.6 Å². The number of piperazine rings is 1. The molecule has 0 bridgehead atoms. The Hall–Kier alpha value is -0.290. The van der Waals surface area contributed by atoms with Crippen LogP contribution in [0.2, 0.25) is 0 Å². The summed E-state index contributed by atoms with van der Waals surface area (Å²) in [6.07, 6.45) is -4.03. The monoisotopic (exact) mass is 166 g/mol. The summed E-state index contributed by atoms with van der Waals surface area (Å²) in [5.74, 6) is 0. The lowest BCUT2D eigenvalue weighted by atomic mass is 9.89. The number of alkyl halides is 3. The van der Waals surface area contributed by atoms with Crippen LogP contribution in [-0.4, -0.2) is 42.8 Å². The van der Waals surface area contributed by atoms with E-state index in [1.165, 1.54) is 4.90 Å². The second-order valence-electron chi connectivity index (χ2n) is 3.13. The average molecular weight is 166 g/mol. The highest BCUT2D eigenvalue weighted by Crippen LogP contribution is 2.28. The topological polar surface area (TPSA) is 15.3 Å². The molecule has 2 fully saturated rings. The molecule has 11 heavy (non-hydrogen) atoms. The van der Waals surface area contributed by atoms with E-state index in [4.69, 9.17) is 0 Å². The number of hydrogen-bond donors (Lipinski definition) is 1. The lowest BCUT2D eigenvalue weighted by molar-refractivity contribution is -0.175. The fourth-order valence-corrected chi connectivity index (χ4v) is 1.62. The van der Waals surface area contributed by atoms with E-state index >= 15 is 0 Å². The van der Waals surface area contributed by atoms with Crippen LogP contribution < -0.4 is 5.32 Å². The molecule has 5 heteroatoms. The maximum atomic E-state index is 11.8. The third kappa shape index (κ3) is 1.22. The molecule has 0 saturated carbocycles. The van der Waals surface area contributed by atoms with Crippen LogP contribution >= 0.6 is 0 Å². The van der Waals surface area contributed by atoms with Gasteiger partial charge >= 0.3 is 6.18 Å². The second-order valence-corrected chi connectivity index (χ2v) is 3.13. The van der Waals surface area contributed by atoms with E-state index in [0.29, 0.717) is 12.6 Å². The van der Waals surface area contributed by atoms with E-state index in [1.807, 2.05) is 0 Å². The molecule has 1 unspecified atom stereocenters. The molecule has 0 radical (unpaired) electrons. The van der Waals surface area contributed by atoms with Gasteiger partial charge in [0.15, 0.2) is 0 Å². The first kappa shape index (κ1) is 7.36. The molecule has 0 aromatic carbocycles. The predicted molar refractivity (Wildman–Crippen MR) is 33.2 cm³/mol. The SMILES string of the molecule is FC(F)(F)CN1CC2NC[C@@H]21.